The third-order valence-corrected chi connectivity index (χ3v) is 12.6. The average Bonchev–Trinajstić information content (AvgIpc) is 3.85. The van der Waals surface area contributed by atoms with Crippen LogP contribution in [0.1, 0.15) is 0 Å². The molecule has 0 bridgehead atoms. The van der Waals surface area contributed by atoms with Gasteiger partial charge in [0.05, 0.1) is 27.1 Å². The number of para-hydroxylation sites is 1. The van der Waals surface area contributed by atoms with E-state index in [0.29, 0.717) is 5.82 Å². The monoisotopic (exact) mass is 729 g/mol. The normalized spacial score (nSPS) is 11.9. The van der Waals surface area contributed by atoms with E-state index < -0.39 is 0 Å². The number of aromatic nitrogens is 3. The number of rotatable bonds is 4. The highest BCUT2D eigenvalue weighted by Gasteiger charge is 2.24. The minimum absolute atomic E-state index is 0.715. The molecule has 260 valence electrons. The first-order chi connectivity index (χ1) is 27.8. The third-order valence-electron chi connectivity index (χ3n) is 11.4. The number of nitrogens with zero attached hydrogens (tertiary/aromatic N) is 3. The number of fused-ring (bicyclic) bond motifs is 15. The maximum Gasteiger partial charge on any atom is 0.160 e. The minimum atomic E-state index is 0.715. The molecule has 0 atom stereocenters. The summed E-state index contributed by atoms with van der Waals surface area (Å²) in [7, 11) is 0. The fourth-order valence-electron chi connectivity index (χ4n) is 8.92. The SMILES string of the molecule is c1ccc(-c2cc(-c3ccc(-n4c5ccccc5c5c6ccccc6c6c(sc7c8ccccc8c8ccccc8c76)c54)cc3)nc(-c3ccccc3)n2)cc1. The number of benzene rings is 9. The van der Waals surface area contributed by atoms with Crippen molar-refractivity contribution in [3.8, 4) is 39.6 Å². The Morgan fingerprint density at radius 3 is 1.48 bits per heavy atom. The smallest absolute Gasteiger partial charge is 0.160 e. The molecule has 0 saturated carbocycles. The molecule has 0 aliphatic carbocycles. The average molecular weight is 730 g/mol. The molecule has 0 N–H and O–H groups in total. The van der Waals surface area contributed by atoms with E-state index in [1.165, 1.54) is 74.3 Å². The molecule has 0 radical (unpaired) electrons. The molecule has 0 amide bonds. The zero-order valence-corrected chi connectivity index (χ0v) is 31.0. The quantitative estimate of drug-likeness (QED) is 0.169. The van der Waals surface area contributed by atoms with Crippen molar-refractivity contribution in [2.24, 2.45) is 0 Å². The molecular weight excluding hydrogens is 699 g/mol. The first kappa shape index (κ1) is 31.2. The molecule has 12 rings (SSSR count). The number of hydrogen-bond donors (Lipinski definition) is 0. The summed E-state index contributed by atoms with van der Waals surface area (Å²) in [5, 5.41) is 13.0. The highest BCUT2D eigenvalue weighted by molar-refractivity contribution is 7.28. The second kappa shape index (κ2) is 12.2. The molecule has 0 saturated heterocycles. The van der Waals surface area contributed by atoms with Gasteiger partial charge in [-0.15, -0.1) is 11.3 Å². The Kier molecular flexibility index (Phi) is 6.80. The van der Waals surface area contributed by atoms with E-state index in [9.17, 15) is 0 Å². The molecule has 3 heterocycles. The van der Waals surface area contributed by atoms with E-state index in [1.807, 2.05) is 35.6 Å². The van der Waals surface area contributed by atoms with Gasteiger partial charge in [-0.2, -0.15) is 0 Å². The fraction of sp³-hybridized carbons (Fsp3) is 0. The van der Waals surface area contributed by atoms with Crippen LogP contribution in [0.25, 0.3) is 114 Å². The maximum atomic E-state index is 5.12. The van der Waals surface area contributed by atoms with Crippen molar-refractivity contribution in [3.05, 3.63) is 188 Å². The van der Waals surface area contributed by atoms with Gasteiger partial charge < -0.3 is 4.57 Å². The van der Waals surface area contributed by atoms with E-state index in [1.54, 1.807) is 0 Å². The van der Waals surface area contributed by atoms with Crippen molar-refractivity contribution in [1.82, 2.24) is 14.5 Å². The molecule has 9 aromatic carbocycles. The zero-order valence-electron chi connectivity index (χ0n) is 30.1. The van der Waals surface area contributed by atoms with Gasteiger partial charge in [-0.05, 0) is 51.2 Å². The van der Waals surface area contributed by atoms with Crippen LogP contribution in [0.3, 0.4) is 0 Å². The lowest BCUT2D eigenvalue weighted by Gasteiger charge is -2.12. The topological polar surface area (TPSA) is 30.7 Å². The Hall–Kier alpha value is -7.14. The van der Waals surface area contributed by atoms with Crippen molar-refractivity contribution in [1.29, 1.82) is 0 Å². The Balaban J connectivity index is 1.15. The molecular formula is C52H31N3S. The molecule has 12 aromatic rings. The highest BCUT2D eigenvalue weighted by Crippen LogP contribution is 2.51. The van der Waals surface area contributed by atoms with E-state index in [2.05, 4.69) is 168 Å². The molecule has 0 aliphatic heterocycles. The summed E-state index contributed by atoms with van der Waals surface area (Å²) in [6, 6.07) is 67.4. The van der Waals surface area contributed by atoms with Crippen LogP contribution < -0.4 is 0 Å². The summed E-state index contributed by atoms with van der Waals surface area (Å²) in [6.07, 6.45) is 0. The second-order valence-electron chi connectivity index (χ2n) is 14.5. The molecule has 0 unspecified atom stereocenters. The Morgan fingerprint density at radius 2 is 0.821 bits per heavy atom. The van der Waals surface area contributed by atoms with Gasteiger partial charge in [0, 0.05) is 54.0 Å². The number of hydrogen-bond acceptors (Lipinski definition) is 3. The van der Waals surface area contributed by atoms with Crippen molar-refractivity contribution in [2.75, 3.05) is 0 Å². The molecule has 3 nitrogen and oxygen atoms in total. The van der Waals surface area contributed by atoms with Crippen LogP contribution in [0.5, 0.6) is 0 Å². The summed E-state index contributed by atoms with van der Waals surface area (Å²) < 4.78 is 5.14. The van der Waals surface area contributed by atoms with Crippen LogP contribution in [0.4, 0.5) is 0 Å². The summed E-state index contributed by atoms with van der Waals surface area (Å²) in [4.78, 5) is 10.1. The Bertz CT molecular complexity index is 3450. The molecule has 4 heteroatoms. The fourth-order valence-corrected chi connectivity index (χ4v) is 10.3. The highest BCUT2D eigenvalue weighted by atomic mass is 32.1. The van der Waals surface area contributed by atoms with Crippen LogP contribution in [-0.2, 0) is 0 Å². The van der Waals surface area contributed by atoms with Crippen molar-refractivity contribution in [2.45, 2.75) is 0 Å². The summed E-state index contributed by atoms with van der Waals surface area (Å²) in [5.74, 6) is 0.715. The maximum absolute atomic E-state index is 5.12. The molecule has 0 fully saturated rings. The Morgan fingerprint density at radius 1 is 0.357 bits per heavy atom. The van der Waals surface area contributed by atoms with Gasteiger partial charge in [0.2, 0.25) is 0 Å². The van der Waals surface area contributed by atoms with Gasteiger partial charge in [0.25, 0.3) is 0 Å². The lowest BCUT2D eigenvalue weighted by atomic mass is 9.94. The predicted molar refractivity (Wildman–Crippen MR) is 238 cm³/mol. The van der Waals surface area contributed by atoms with E-state index in [0.717, 1.165) is 33.8 Å². The third kappa shape index (κ3) is 4.57. The first-order valence-corrected chi connectivity index (χ1v) is 19.8. The lowest BCUT2D eigenvalue weighted by molar-refractivity contribution is 1.17. The molecule has 56 heavy (non-hydrogen) atoms. The molecule has 0 spiro atoms. The number of thiophene rings is 1. The van der Waals surface area contributed by atoms with Gasteiger partial charge in [-0.3, -0.25) is 0 Å². The van der Waals surface area contributed by atoms with Gasteiger partial charge in [0.1, 0.15) is 0 Å². The van der Waals surface area contributed by atoms with E-state index in [4.69, 9.17) is 9.97 Å². The molecule has 3 aromatic heterocycles. The van der Waals surface area contributed by atoms with Crippen LogP contribution in [0, 0.1) is 0 Å². The van der Waals surface area contributed by atoms with Gasteiger partial charge in [-0.25, -0.2) is 9.97 Å². The van der Waals surface area contributed by atoms with Crippen LogP contribution in [0.2, 0.25) is 0 Å². The molecule has 0 aliphatic rings. The summed E-state index contributed by atoms with van der Waals surface area (Å²) in [6.45, 7) is 0. The zero-order chi connectivity index (χ0) is 36.7. The summed E-state index contributed by atoms with van der Waals surface area (Å²) in [5.41, 5.74) is 8.46. The van der Waals surface area contributed by atoms with Crippen molar-refractivity contribution in [3.63, 3.8) is 0 Å². The van der Waals surface area contributed by atoms with Crippen LogP contribution >= 0.6 is 11.3 Å². The van der Waals surface area contributed by atoms with E-state index in [-0.39, 0.29) is 0 Å². The van der Waals surface area contributed by atoms with Crippen molar-refractivity contribution >= 4 is 85.6 Å². The van der Waals surface area contributed by atoms with Gasteiger partial charge in [0.15, 0.2) is 5.82 Å². The van der Waals surface area contributed by atoms with E-state index >= 15 is 0 Å². The summed E-state index contributed by atoms with van der Waals surface area (Å²) >= 11 is 1.94. The lowest BCUT2D eigenvalue weighted by Crippen LogP contribution is -1.97. The first-order valence-electron chi connectivity index (χ1n) is 19.0. The standard InChI is InChI=1S/C52H31N3S/c1-3-15-32(16-4-1)43-31-44(54-52(53-43)34-17-5-2-6-18-34)33-27-29-35(30-28-33)55-45-26-14-13-25-42(45)46-39-22-10-11-23-40(39)48-47-38-21-9-7-19-36(38)37-20-8-12-24-41(37)50(47)56-51(48)49(46)55/h1-31H. The largest absolute Gasteiger partial charge is 0.308 e. The van der Waals surface area contributed by atoms with Crippen LogP contribution in [0.15, 0.2) is 188 Å². The Labute approximate surface area is 326 Å². The minimum Gasteiger partial charge on any atom is -0.308 e. The van der Waals surface area contributed by atoms with Gasteiger partial charge in [-0.1, -0.05) is 164 Å². The van der Waals surface area contributed by atoms with Gasteiger partial charge >= 0.3 is 0 Å². The second-order valence-corrected chi connectivity index (χ2v) is 15.5. The van der Waals surface area contributed by atoms with Crippen LogP contribution in [-0.4, -0.2) is 14.5 Å². The van der Waals surface area contributed by atoms with Crippen molar-refractivity contribution < 1.29 is 0 Å². The predicted octanol–water partition coefficient (Wildman–Crippen LogP) is 14.4.